The number of nitrogens with zero attached hydrogens (tertiary/aromatic N) is 5. The van der Waals surface area contributed by atoms with E-state index in [1.165, 1.54) is 17.8 Å². The quantitative estimate of drug-likeness (QED) is 0.272. The van der Waals surface area contributed by atoms with E-state index in [1.54, 1.807) is 22.9 Å². The SMILES string of the molecule is Cc1cccc(-n2nnnc2SCCOc2ccccc2[N+](=O)[O-])c1C. The van der Waals surface area contributed by atoms with Crippen molar-refractivity contribution in [1.29, 1.82) is 0 Å². The molecule has 0 aliphatic carbocycles. The zero-order valence-electron chi connectivity index (χ0n) is 14.3. The molecule has 0 atom stereocenters. The highest BCUT2D eigenvalue weighted by atomic mass is 32.2. The van der Waals surface area contributed by atoms with Crippen LogP contribution in [-0.4, -0.2) is 37.5 Å². The number of aromatic nitrogens is 4. The van der Waals surface area contributed by atoms with Crippen LogP contribution in [0.15, 0.2) is 47.6 Å². The van der Waals surface area contributed by atoms with Crippen LogP contribution in [0.25, 0.3) is 5.69 Å². The lowest BCUT2D eigenvalue weighted by Gasteiger charge is -2.10. The van der Waals surface area contributed by atoms with E-state index < -0.39 is 4.92 Å². The molecule has 0 unspecified atom stereocenters. The molecule has 8 nitrogen and oxygen atoms in total. The van der Waals surface area contributed by atoms with Crippen molar-refractivity contribution in [2.24, 2.45) is 0 Å². The van der Waals surface area contributed by atoms with Gasteiger partial charge in [0.25, 0.3) is 0 Å². The highest BCUT2D eigenvalue weighted by Gasteiger charge is 2.15. The Labute approximate surface area is 154 Å². The maximum absolute atomic E-state index is 11.0. The van der Waals surface area contributed by atoms with Gasteiger partial charge in [-0.1, -0.05) is 36.0 Å². The van der Waals surface area contributed by atoms with Crippen LogP contribution < -0.4 is 4.74 Å². The van der Waals surface area contributed by atoms with Gasteiger partial charge in [-0.2, -0.15) is 4.68 Å². The van der Waals surface area contributed by atoms with Gasteiger partial charge in [0.1, 0.15) is 0 Å². The Bertz CT molecular complexity index is 928. The molecule has 9 heteroatoms. The summed E-state index contributed by atoms with van der Waals surface area (Å²) in [6.07, 6.45) is 0. The minimum Gasteiger partial charge on any atom is -0.486 e. The van der Waals surface area contributed by atoms with E-state index in [2.05, 4.69) is 15.5 Å². The molecule has 26 heavy (non-hydrogen) atoms. The zero-order valence-corrected chi connectivity index (χ0v) is 15.1. The fourth-order valence-electron chi connectivity index (χ4n) is 2.40. The summed E-state index contributed by atoms with van der Waals surface area (Å²) >= 11 is 1.43. The highest BCUT2D eigenvalue weighted by Crippen LogP contribution is 2.27. The average molecular weight is 371 g/mol. The molecule has 2 aromatic carbocycles. The standard InChI is InChI=1S/C17H17N5O3S/c1-12-6-5-8-14(13(12)2)21-17(18-19-20-21)26-11-10-25-16-9-4-3-7-15(16)22(23)24/h3-9H,10-11H2,1-2H3. The van der Waals surface area contributed by atoms with Crippen molar-refractivity contribution >= 4 is 17.4 Å². The summed E-state index contributed by atoms with van der Waals surface area (Å²) in [5, 5.41) is 23.5. The van der Waals surface area contributed by atoms with Crippen molar-refractivity contribution in [3.05, 3.63) is 63.7 Å². The Balaban J connectivity index is 1.65. The minimum atomic E-state index is -0.455. The number of benzene rings is 2. The topological polar surface area (TPSA) is 96.0 Å². The van der Waals surface area contributed by atoms with Gasteiger partial charge in [-0.15, -0.1) is 5.10 Å². The first kappa shape index (κ1) is 17.9. The van der Waals surface area contributed by atoms with Crippen molar-refractivity contribution in [2.45, 2.75) is 19.0 Å². The van der Waals surface area contributed by atoms with Crippen LogP contribution in [0.4, 0.5) is 5.69 Å². The van der Waals surface area contributed by atoms with Gasteiger partial charge < -0.3 is 4.74 Å². The normalized spacial score (nSPS) is 10.7. The average Bonchev–Trinajstić information content (AvgIpc) is 3.09. The largest absolute Gasteiger partial charge is 0.486 e. The van der Waals surface area contributed by atoms with E-state index in [9.17, 15) is 10.1 Å². The first-order valence-corrected chi connectivity index (χ1v) is 8.90. The van der Waals surface area contributed by atoms with Crippen LogP contribution in [0, 0.1) is 24.0 Å². The van der Waals surface area contributed by atoms with Gasteiger partial charge in [-0.3, -0.25) is 10.1 Å². The fraction of sp³-hybridized carbons (Fsp3) is 0.235. The molecule has 1 heterocycles. The summed E-state index contributed by atoms with van der Waals surface area (Å²) in [6, 6.07) is 12.3. The number of aryl methyl sites for hydroxylation is 1. The number of tetrazole rings is 1. The molecular formula is C17H17N5O3S. The number of thioether (sulfide) groups is 1. The molecule has 0 fully saturated rings. The van der Waals surface area contributed by atoms with Crippen molar-refractivity contribution in [1.82, 2.24) is 20.2 Å². The first-order valence-electron chi connectivity index (χ1n) is 7.92. The van der Waals surface area contributed by atoms with Crippen LogP contribution in [-0.2, 0) is 0 Å². The number of ether oxygens (including phenoxy) is 1. The van der Waals surface area contributed by atoms with E-state index in [0.29, 0.717) is 17.5 Å². The summed E-state index contributed by atoms with van der Waals surface area (Å²) in [4.78, 5) is 10.5. The third kappa shape index (κ3) is 3.83. The number of rotatable bonds is 7. The van der Waals surface area contributed by atoms with Crippen molar-refractivity contribution in [3.63, 3.8) is 0 Å². The van der Waals surface area contributed by atoms with E-state index in [-0.39, 0.29) is 11.4 Å². The summed E-state index contributed by atoms with van der Waals surface area (Å²) < 4.78 is 7.24. The monoisotopic (exact) mass is 371 g/mol. The Hall–Kier alpha value is -2.94. The van der Waals surface area contributed by atoms with E-state index in [1.807, 2.05) is 32.0 Å². The molecule has 0 aliphatic heterocycles. The molecule has 0 aliphatic rings. The second-order valence-electron chi connectivity index (χ2n) is 5.51. The number of para-hydroxylation sites is 2. The second-order valence-corrected chi connectivity index (χ2v) is 6.58. The Morgan fingerprint density at radius 3 is 2.81 bits per heavy atom. The molecule has 3 aromatic rings. The third-order valence-electron chi connectivity index (χ3n) is 3.88. The number of nitro groups is 1. The molecule has 3 rings (SSSR count). The lowest BCUT2D eigenvalue weighted by atomic mass is 10.1. The number of hydrogen-bond donors (Lipinski definition) is 0. The van der Waals surface area contributed by atoms with Gasteiger partial charge >= 0.3 is 5.69 Å². The van der Waals surface area contributed by atoms with Gasteiger partial charge in [0, 0.05) is 11.8 Å². The summed E-state index contributed by atoms with van der Waals surface area (Å²) in [5.41, 5.74) is 3.15. The van der Waals surface area contributed by atoms with E-state index in [0.717, 1.165) is 16.8 Å². The molecule has 0 amide bonds. The molecule has 0 saturated heterocycles. The van der Waals surface area contributed by atoms with Crippen molar-refractivity contribution < 1.29 is 9.66 Å². The molecule has 134 valence electrons. The van der Waals surface area contributed by atoms with Gasteiger partial charge in [0.2, 0.25) is 5.16 Å². The molecular weight excluding hydrogens is 354 g/mol. The maximum atomic E-state index is 11.0. The lowest BCUT2D eigenvalue weighted by molar-refractivity contribution is -0.385. The summed E-state index contributed by atoms with van der Waals surface area (Å²) in [7, 11) is 0. The molecule has 1 aromatic heterocycles. The number of hydrogen-bond acceptors (Lipinski definition) is 7. The van der Waals surface area contributed by atoms with E-state index in [4.69, 9.17) is 4.74 Å². The second kappa shape index (κ2) is 7.96. The van der Waals surface area contributed by atoms with Gasteiger partial charge in [-0.25, -0.2) is 0 Å². The lowest BCUT2D eigenvalue weighted by Crippen LogP contribution is -2.05. The van der Waals surface area contributed by atoms with Gasteiger partial charge in [0.05, 0.1) is 17.2 Å². The zero-order chi connectivity index (χ0) is 18.5. The Kier molecular flexibility index (Phi) is 5.47. The van der Waals surface area contributed by atoms with E-state index >= 15 is 0 Å². The van der Waals surface area contributed by atoms with Crippen LogP contribution >= 0.6 is 11.8 Å². The van der Waals surface area contributed by atoms with Crippen LogP contribution in [0.1, 0.15) is 11.1 Å². The van der Waals surface area contributed by atoms with Gasteiger partial charge in [0.15, 0.2) is 5.75 Å². The predicted molar refractivity (Wildman–Crippen MR) is 97.9 cm³/mol. The fourth-order valence-corrected chi connectivity index (χ4v) is 3.10. The smallest absolute Gasteiger partial charge is 0.310 e. The molecule has 0 saturated carbocycles. The third-order valence-corrected chi connectivity index (χ3v) is 4.76. The molecule has 0 N–H and O–H groups in total. The van der Waals surface area contributed by atoms with Gasteiger partial charge in [-0.05, 0) is 47.5 Å². The minimum absolute atomic E-state index is 0.0438. The predicted octanol–water partition coefficient (Wildman–Crippen LogP) is 3.36. The summed E-state index contributed by atoms with van der Waals surface area (Å²) in [5.74, 6) is 0.810. The van der Waals surface area contributed by atoms with Crippen molar-refractivity contribution in [2.75, 3.05) is 12.4 Å². The Morgan fingerprint density at radius 2 is 2.00 bits per heavy atom. The number of nitro benzene ring substituents is 1. The van der Waals surface area contributed by atoms with Crippen LogP contribution in [0.3, 0.4) is 0 Å². The Morgan fingerprint density at radius 1 is 1.19 bits per heavy atom. The maximum Gasteiger partial charge on any atom is 0.310 e. The highest BCUT2D eigenvalue weighted by molar-refractivity contribution is 7.99. The molecule has 0 radical (unpaired) electrons. The first-order chi connectivity index (χ1) is 12.6. The van der Waals surface area contributed by atoms with Crippen molar-refractivity contribution in [3.8, 4) is 11.4 Å². The van der Waals surface area contributed by atoms with Crippen LogP contribution in [0.2, 0.25) is 0 Å². The molecule has 0 spiro atoms. The summed E-state index contributed by atoms with van der Waals surface area (Å²) in [6.45, 7) is 4.37. The molecule has 0 bridgehead atoms. The van der Waals surface area contributed by atoms with Crippen LogP contribution in [0.5, 0.6) is 5.75 Å².